The van der Waals surface area contributed by atoms with Crippen molar-refractivity contribution in [3.63, 3.8) is 0 Å². The van der Waals surface area contributed by atoms with Crippen LogP contribution in [0.5, 0.6) is 0 Å². The number of aryl methyl sites for hydroxylation is 1. The van der Waals surface area contributed by atoms with E-state index < -0.39 is 16.8 Å². The van der Waals surface area contributed by atoms with Crippen molar-refractivity contribution >= 4 is 23.3 Å². The Morgan fingerprint density at radius 1 is 1.41 bits per heavy atom. The van der Waals surface area contributed by atoms with E-state index in [1.807, 2.05) is 0 Å². The third-order valence-corrected chi connectivity index (χ3v) is 2.79. The number of aromatic carboxylic acids is 1. The number of nitrogens with zero attached hydrogens (tertiary/aromatic N) is 3. The summed E-state index contributed by atoms with van der Waals surface area (Å²) in [6.07, 6.45) is 1.34. The number of nitro benzene ring substituents is 1. The van der Waals surface area contributed by atoms with Crippen molar-refractivity contribution in [2.75, 3.05) is 5.32 Å². The zero-order valence-corrected chi connectivity index (χ0v) is 11.5. The van der Waals surface area contributed by atoms with Crippen LogP contribution in [-0.2, 0) is 11.3 Å². The van der Waals surface area contributed by atoms with Crippen LogP contribution >= 0.6 is 0 Å². The van der Waals surface area contributed by atoms with Gasteiger partial charge in [-0.1, -0.05) is 6.07 Å². The van der Waals surface area contributed by atoms with Gasteiger partial charge in [-0.3, -0.25) is 19.6 Å². The lowest BCUT2D eigenvalue weighted by Gasteiger charge is -2.06. The topological polar surface area (TPSA) is 127 Å². The quantitative estimate of drug-likeness (QED) is 0.635. The Morgan fingerprint density at radius 3 is 2.73 bits per heavy atom. The van der Waals surface area contributed by atoms with Crippen LogP contribution in [0.2, 0.25) is 0 Å². The maximum atomic E-state index is 11.9. The first-order chi connectivity index (χ1) is 10.4. The van der Waals surface area contributed by atoms with E-state index in [0.717, 1.165) is 4.68 Å². The standard InChI is InChI=1S/C13H12N4O5/c1-8-2-3-9(11(6-8)17(21)22)14-12(18)7-16-5-4-10(15-16)13(19)20/h2-6H,7H2,1H3,(H,14,18)(H,19,20). The molecule has 0 unspecified atom stereocenters. The first kappa shape index (κ1) is 15.2. The molecular weight excluding hydrogens is 292 g/mol. The lowest BCUT2D eigenvalue weighted by Crippen LogP contribution is -2.20. The second-order valence-corrected chi connectivity index (χ2v) is 4.53. The molecule has 9 nitrogen and oxygen atoms in total. The number of rotatable bonds is 5. The molecule has 0 bridgehead atoms. The van der Waals surface area contributed by atoms with E-state index in [1.165, 1.54) is 24.4 Å². The number of benzene rings is 1. The van der Waals surface area contributed by atoms with Crippen LogP contribution in [0.1, 0.15) is 16.1 Å². The number of carboxylic acids is 1. The third-order valence-electron chi connectivity index (χ3n) is 2.79. The summed E-state index contributed by atoms with van der Waals surface area (Å²) in [4.78, 5) is 32.9. The Balaban J connectivity index is 2.12. The molecule has 2 rings (SSSR count). The fourth-order valence-corrected chi connectivity index (χ4v) is 1.80. The van der Waals surface area contributed by atoms with Gasteiger partial charge in [0.15, 0.2) is 5.69 Å². The van der Waals surface area contributed by atoms with Gasteiger partial charge in [-0.25, -0.2) is 4.79 Å². The second kappa shape index (κ2) is 6.04. The highest BCUT2D eigenvalue weighted by molar-refractivity contribution is 5.93. The molecule has 1 aromatic carbocycles. The average molecular weight is 304 g/mol. The van der Waals surface area contributed by atoms with E-state index in [-0.39, 0.29) is 23.6 Å². The summed E-state index contributed by atoms with van der Waals surface area (Å²) in [5.74, 6) is -1.75. The molecule has 0 aliphatic rings. The first-order valence-corrected chi connectivity index (χ1v) is 6.18. The van der Waals surface area contributed by atoms with Crippen LogP contribution in [-0.4, -0.2) is 31.7 Å². The van der Waals surface area contributed by atoms with E-state index in [4.69, 9.17) is 5.11 Å². The number of anilines is 1. The summed E-state index contributed by atoms with van der Waals surface area (Å²) >= 11 is 0. The molecule has 0 radical (unpaired) electrons. The zero-order chi connectivity index (χ0) is 16.3. The Hall–Kier alpha value is -3.23. The summed E-state index contributed by atoms with van der Waals surface area (Å²) in [5, 5.41) is 25.8. The number of amides is 1. The highest BCUT2D eigenvalue weighted by Crippen LogP contribution is 2.25. The number of carbonyl (C=O) groups is 2. The van der Waals surface area contributed by atoms with Crippen LogP contribution < -0.4 is 5.32 Å². The summed E-state index contributed by atoms with van der Waals surface area (Å²) in [6, 6.07) is 5.69. The summed E-state index contributed by atoms with van der Waals surface area (Å²) in [7, 11) is 0. The van der Waals surface area contributed by atoms with E-state index >= 15 is 0 Å². The molecule has 0 aliphatic heterocycles. The SMILES string of the molecule is Cc1ccc(NC(=O)Cn2ccc(C(=O)O)n2)c([N+](=O)[O-])c1. The third kappa shape index (κ3) is 3.45. The lowest BCUT2D eigenvalue weighted by molar-refractivity contribution is -0.384. The first-order valence-electron chi connectivity index (χ1n) is 6.18. The largest absolute Gasteiger partial charge is 0.476 e. The Labute approximate surface area is 124 Å². The number of hydrogen-bond donors (Lipinski definition) is 2. The minimum absolute atomic E-state index is 0.0752. The molecule has 1 amide bonds. The van der Waals surface area contributed by atoms with Crippen molar-refractivity contribution in [1.82, 2.24) is 9.78 Å². The average Bonchev–Trinajstić information content (AvgIpc) is 2.89. The van der Waals surface area contributed by atoms with Crippen LogP contribution in [0.25, 0.3) is 0 Å². The fourth-order valence-electron chi connectivity index (χ4n) is 1.80. The summed E-state index contributed by atoms with van der Waals surface area (Å²) in [5.41, 5.74) is 0.378. The van der Waals surface area contributed by atoms with Gasteiger partial charge in [0, 0.05) is 12.3 Å². The van der Waals surface area contributed by atoms with Crippen LogP contribution in [0.4, 0.5) is 11.4 Å². The van der Waals surface area contributed by atoms with Gasteiger partial charge in [0.1, 0.15) is 12.2 Å². The van der Waals surface area contributed by atoms with Gasteiger partial charge in [-0.15, -0.1) is 0 Å². The molecule has 114 valence electrons. The number of nitro groups is 1. The monoisotopic (exact) mass is 304 g/mol. The molecule has 0 spiro atoms. The minimum Gasteiger partial charge on any atom is -0.476 e. The Kier molecular flexibility index (Phi) is 4.16. The second-order valence-electron chi connectivity index (χ2n) is 4.53. The van der Waals surface area contributed by atoms with Gasteiger partial charge in [0.05, 0.1) is 4.92 Å². The summed E-state index contributed by atoms with van der Waals surface area (Å²) in [6.45, 7) is 1.45. The van der Waals surface area contributed by atoms with Crippen molar-refractivity contribution < 1.29 is 19.6 Å². The molecule has 1 heterocycles. The molecular formula is C13H12N4O5. The van der Waals surface area contributed by atoms with Crippen molar-refractivity contribution in [2.24, 2.45) is 0 Å². The fraction of sp³-hybridized carbons (Fsp3) is 0.154. The lowest BCUT2D eigenvalue weighted by atomic mass is 10.2. The van der Waals surface area contributed by atoms with Crippen molar-refractivity contribution in [1.29, 1.82) is 0 Å². The number of hydrogen-bond acceptors (Lipinski definition) is 5. The smallest absolute Gasteiger partial charge is 0.356 e. The normalized spacial score (nSPS) is 10.2. The predicted molar refractivity (Wildman–Crippen MR) is 75.6 cm³/mol. The van der Waals surface area contributed by atoms with E-state index in [9.17, 15) is 19.7 Å². The molecule has 2 N–H and O–H groups in total. The molecule has 2 aromatic rings. The van der Waals surface area contributed by atoms with Crippen molar-refractivity contribution in [2.45, 2.75) is 13.5 Å². The van der Waals surface area contributed by atoms with Gasteiger partial charge < -0.3 is 10.4 Å². The Morgan fingerprint density at radius 2 is 2.14 bits per heavy atom. The molecule has 1 aromatic heterocycles. The van der Waals surface area contributed by atoms with Gasteiger partial charge in [0.25, 0.3) is 5.69 Å². The molecule has 9 heteroatoms. The van der Waals surface area contributed by atoms with Gasteiger partial charge in [-0.05, 0) is 24.6 Å². The molecule has 0 saturated heterocycles. The molecule has 0 atom stereocenters. The molecule has 0 fully saturated rings. The number of nitrogens with one attached hydrogen (secondary N) is 1. The van der Waals surface area contributed by atoms with Crippen molar-refractivity contribution in [3.05, 3.63) is 51.8 Å². The van der Waals surface area contributed by atoms with E-state index in [0.29, 0.717) is 5.56 Å². The molecule has 0 saturated carbocycles. The van der Waals surface area contributed by atoms with E-state index in [2.05, 4.69) is 10.4 Å². The van der Waals surface area contributed by atoms with Crippen LogP contribution in [0.3, 0.4) is 0 Å². The van der Waals surface area contributed by atoms with E-state index in [1.54, 1.807) is 13.0 Å². The van der Waals surface area contributed by atoms with Gasteiger partial charge in [-0.2, -0.15) is 5.10 Å². The highest BCUT2D eigenvalue weighted by Gasteiger charge is 2.16. The van der Waals surface area contributed by atoms with Gasteiger partial charge in [0.2, 0.25) is 5.91 Å². The zero-order valence-electron chi connectivity index (χ0n) is 11.5. The van der Waals surface area contributed by atoms with Crippen LogP contribution in [0, 0.1) is 17.0 Å². The minimum atomic E-state index is -1.20. The number of carbonyl (C=O) groups excluding carboxylic acids is 1. The van der Waals surface area contributed by atoms with Crippen molar-refractivity contribution in [3.8, 4) is 0 Å². The highest BCUT2D eigenvalue weighted by atomic mass is 16.6. The Bertz CT molecular complexity index is 753. The maximum absolute atomic E-state index is 11.9. The maximum Gasteiger partial charge on any atom is 0.356 e. The molecule has 22 heavy (non-hydrogen) atoms. The molecule has 0 aliphatic carbocycles. The predicted octanol–water partition coefficient (Wildman–Crippen LogP) is 1.44. The summed E-state index contributed by atoms with van der Waals surface area (Å²) < 4.78 is 1.14. The van der Waals surface area contributed by atoms with Crippen LogP contribution in [0.15, 0.2) is 30.5 Å². The number of carboxylic acid groups (broad SMARTS) is 1. The van der Waals surface area contributed by atoms with Gasteiger partial charge >= 0.3 is 5.97 Å². The number of aromatic nitrogens is 2.